The molecule has 0 aromatic carbocycles. The van der Waals surface area contributed by atoms with E-state index in [-0.39, 0.29) is 31.1 Å². The average Bonchev–Trinajstić information content (AvgIpc) is 3.19. The van der Waals surface area contributed by atoms with Crippen molar-refractivity contribution >= 4 is 17.9 Å². The number of carbonyl (C=O) groups is 3. The van der Waals surface area contributed by atoms with Gasteiger partial charge in [-0.1, -0.05) is 245 Å². The van der Waals surface area contributed by atoms with E-state index >= 15 is 0 Å². The molecule has 0 aromatic rings. The van der Waals surface area contributed by atoms with Crippen molar-refractivity contribution in [1.29, 1.82) is 0 Å². The van der Waals surface area contributed by atoms with Crippen LogP contribution in [-0.2, 0) is 28.6 Å². The lowest BCUT2D eigenvalue weighted by molar-refractivity contribution is -0.167. The second-order valence-electron chi connectivity index (χ2n) is 17.1. The number of hydrogen-bond donors (Lipinski definition) is 0. The van der Waals surface area contributed by atoms with Crippen LogP contribution < -0.4 is 0 Å². The van der Waals surface area contributed by atoms with Crippen molar-refractivity contribution in [2.45, 2.75) is 290 Å². The Morgan fingerprint density at radius 2 is 0.482 bits per heavy atom. The number of carbonyl (C=O) groups excluding carboxylic acids is 3. The second kappa shape index (κ2) is 46.1. The summed E-state index contributed by atoms with van der Waals surface area (Å²) in [7, 11) is 0. The van der Waals surface area contributed by atoms with Crippen LogP contribution in [0.4, 0.5) is 0 Å². The largest absolute Gasteiger partial charge is 0.462 e. The summed E-state index contributed by atoms with van der Waals surface area (Å²) in [6.07, 6.45) is 48.0. The Bertz CT molecular complexity index is 828. The third-order valence-corrected chi connectivity index (χ3v) is 11.4. The number of esters is 3. The van der Waals surface area contributed by atoms with Gasteiger partial charge in [-0.05, 0) is 19.3 Å². The lowest BCUT2D eigenvalue weighted by Gasteiger charge is -2.18. The Balaban J connectivity index is 4.27. The highest BCUT2D eigenvalue weighted by Crippen LogP contribution is 2.16. The lowest BCUT2D eigenvalue weighted by atomic mass is 10.0. The Hall–Kier alpha value is -1.59. The van der Waals surface area contributed by atoms with Crippen LogP contribution in [-0.4, -0.2) is 37.2 Å². The van der Waals surface area contributed by atoms with E-state index in [1.54, 1.807) is 0 Å². The van der Waals surface area contributed by atoms with Gasteiger partial charge in [0.05, 0.1) is 0 Å². The Labute approximate surface area is 348 Å². The van der Waals surface area contributed by atoms with Crippen LogP contribution in [0.5, 0.6) is 0 Å². The molecule has 1 atom stereocenters. The molecule has 0 unspecified atom stereocenters. The van der Waals surface area contributed by atoms with Gasteiger partial charge in [0.25, 0.3) is 0 Å². The molecule has 0 fully saturated rings. The second-order valence-corrected chi connectivity index (χ2v) is 17.1. The number of unbranched alkanes of at least 4 members (excludes halogenated alkanes) is 35. The van der Waals surface area contributed by atoms with Gasteiger partial charge in [0.1, 0.15) is 13.2 Å². The van der Waals surface area contributed by atoms with Crippen LogP contribution in [0.2, 0.25) is 0 Å². The third kappa shape index (κ3) is 43.5. The monoisotopic (exact) mass is 793 g/mol. The van der Waals surface area contributed by atoms with Crippen LogP contribution in [0.25, 0.3) is 0 Å². The molecule has 0 radical (unpaired) electrons. The summed E-state index contributed by atoms with van der Waals surface area (Å²) < 4.78 is 16.8. The van der Waals surface area contributed by atoms with Gasteiger partial charge in [-0.15, -0.1) is 0 Å². The Morgan fingerprint density at radius 3 is 0.714 bits per heavy atom. The quantitative estimate of drug-likeness (QED) is 0.0347. The van der Waals surface area contributed by atoms with Gasteiger partial charge >= 0.3 is 17.9 Å². The van der Waals surface area contributed by atoms with Gasteiger partial charge in [0.15, 0.2) is 6.10 Å². The van der Waals surface area contributed by atoms with E-state index in [9.17, 15) is 14.4 Å². The third-order valence-electron chi connectivity index (χ3n) is 11.4. The molecule has 0 heterocycles. The van der Waals surface area contributed by atoms with Gasteiger partial charge in [-0.2, -0.15) is 0 Å². The van der Waals surface area contributed by atoms with E-state index in [2.05, 4.69) is 20.8 Å². The van der Waals surface area contributed by atoms with Crippen molar-refractivity contribution in [2.24, 2.45) is 0 Å². The van der Waals surface area contributed by atoms with E-state index in [0.717, 1.165) is 57.8 Å². The summed E-state index contributed by atoms with van der Waals surface area (Å²) in [5, 5.41) is 0. The Kier molecular flexibility index (Phi) is 44.8. The van der Waals surface area contributed by atoms with Crippen molar-refractivity contribution in [3.05, 3.63) is 0 Å². The van der Waals surface area contributed by atoms with Gasteiger partial charge < -0.3 is 14.2 Å². The summed E-state index contributed by atoms with van der Waals surface area (Å²) in [4.78, 5) is 37.8. The molecular formula is C50H96O6. The molecule has 0 aliphatic carbocycles. The molecule has 6 heteroatoms. The first-order chi connectivity index (χ1) is 27.5. The molecule has 0 amide bonds. The van der Waals surface area contributed by atoms with Gasteiger partial charge in [0, 0.05) is 19.3 Å². The predicted octanol–water partition coefficient (Wildman–Crippen LogP) is 16.0. The van der Waals surface area contributed by atoms with Crippen LogP contribution >= 0.6 is 0 Å². The molecule has 0 spiro atoms. The van der Waals surface area contributed by atoms with E-state index < -0.39 is 6.10 Å². The van der Waals surface area contributed by atoms with Crippen molar-refractivity contribution in [3.8, 4) is 0 Å². The van der Waals surface area contributed by atoms with Crippen molar-refractivity contribution in [3.63, 3.8) is 0 Å². The summed E-state index contributed by atoms with van der Waals surface area (Å²) in [6.45, 7) is 6.66. The molecule has 332 valence electrons. The normalized spacial score (nSPS) is 11.8. The van der Waals surface area contributed by atoms with Gasteiger partial charge in [-0.25, -0.2) is 0 Å². The maximum absolute atomic E-state index is 12.7. The maximum atomic E-state index is 12.7. The summed E-state index contributed by atoms with van der Waals surface area (Å²) >= 11 is 0. The highest BCUT2D eigenvalue weighted by atomic mass is 16.6. The summed E-state index contributed by atoms with van der Waals surface area (Å²) in [6, 6.07) is 0. The summed E-state index contributed by atoms with van der Waals surface area (Å²) in [5.74, 6) is -0.846. The minimum atomic E-state index is -0.758. The van der Waals surface area contributed by atoms with Crippen LogP contribution in [0, 0.1) is 0 Å². The highest BCUT2D eigenvalue weighted by Gasteiger charge is 2.19. The molecule has 0 saturated carbocycles. The molecule has 56 heavy (non-hydrogen) atoms. The lowest BCUT2D eigenvalue weighted by Crippen LogP contribution is -2.30. The van der Waals surface area contributed by atoms with Crippen molar-refractivity contribution in [2.75, 3.05) is 13.2 Å². The summed E-state index contributed by atoms with van der Waals surface area (Å²) in [5.41, 5.74) is 0. The molecule has 0 N–H and O–H groups in total. The van der Waals surface area contributed by atoms with Gasteiger partial charge in [-0.3, -0.25) is 14.4 Å². The fourth-order valence-corrected chi connectivity index (χ4v) is 7.56. The first-order valence-corrected chi connectivity index (χ1v) is 25.0. The van der Waals surface area contributed by atoms with E-state index in [4.69, 9.17) is 14.2 Å². The molecule has 0 aliphatic heterocycles. The SMILES string of the molecule is CCCCCCCCCCCCCCCCCCC(=O)OC[C@H](COC(=O)CCCCCCCCCCCC)OC(=O)CCCCCCCCCCCCCC. The zero-order valence-corrected chi connectivity index (χ0v) is 37.9. The van der Waals surface area contributed by atoms with Crippen LogP contribution in [0.3, 0.4) is 0 Å². The van der Waals surface area contributed by atoms with Crippen LogP contribution in [0.1, 0.15) is 284 Å². The van der Waals surface area contributed by atoms with E-state index in [1.165, 1.54) is 186 Å². The minimum absolute atomic E-state index is 0.0621. The van der Waals surface area contributed by atoms with E-state index in [0.29, 0.717) is 19.3 Å². The molecular weight excluding hydrogens is 697 g/mol. The fourth-order valence-electron chi connectivity index (χ4n) is 7.56. The standard InChI is InChI=1S/C50H96O6/c1-4-7-10-13-16-19-22-24-25-26-27-29-31-34-37-40-43-49(52)55-46-47(45-54-48(51)42-39-36-33-30-21-18-15-12-9-6-3)56-50(53)44-41-38-35-32-28-23-20-17-14-11-8-5-2/h47H,4-46H2,1-3H3/t47-/m0/s1. The smallest absolute Gasteiger partial charge is 0.306 e. The molecule has 0 bridgehead atoms. The zero-order chi connectivity index (χ0) is 40.8. The first kappa shape index (κ1) is 54.4. The van der Waals surface area contributed by atoms with Gasteiger partial charge in [0.2, 0.25) is 0 Å². The molecule has 0 aromatic heterocycles. The predicted molar refractivity (Wildman–Crippen MR) is 238 cm³/mol. The maximum Gasteiger partial charge on any atom is 0.306 e. The minimum Gasteiger partial charge on any atom is -0.462 e. The average molecular weight is 793 g/mol. The number of ether oxygens (including phenoxy) is 3. The Morgan fingerprint density at radius 1 is 0.286 bits per heavy atom. The number of hydrogen-bond acceptors (Lipinski definition) is 6. The zero-order valence-electron chi connectivity index (χ0n) is 37.9. The van der Waals surface area contributed by atoms with Crippen molar-refractivity contribution in [1.82, 2.24) is 0 Å². The molecule has 0 aliphatic rings. The van der Waals surface area contributed by atoms with E-state index in [1.807, 2.05) is 0 Å². The van der Waals surface area contributed by atoms with Crippen LogP contribution in [0.15, 0.2) is 0 Å². The molecule has 0 rings (SSSR count). The highest BCUT2D eigenvalue weighted by molar-refractivity contribution is 5.71. The topological polar surface area (TPSA) is 78.9 Å². The first-order valence-electron chi connectivity index (χ1n) is 25.0. The number of rotatable bonds is 46. The van der Waals surface area contributed by atoms with Crippen molar-refractivity contribution < 1.29 is 28.6 Å². The fraction of sp³-hybridized carbons (Fsp3) is 0.940. The molecule has 6 nitrogen and oxygen atoms in total. The molecule has 0 saturated heterocycles.